The molecule has 1 saturated heterocycles. The minimum Gasteiger partial charge on any atom is -0.497 e. The fourth-order valence-corrected chi connectivity index (χ4v) is 7.01. The molecule has 1 aromatic heterocycles. The van der Waals surface area contributed by atoms with Crippen LogP contribution in [-0.4, -0.2) is 50.9 Å². The van der Waals surface area contributed by atoms with E-state index >= 15 is 0 Å². The summed E-state index contributed by atoms with van der Waals surface area (Å²) < 4.78 is 46.9. The van der Waals surface area contributed by atoms with Crippen LogP contribution in [0.4, 0.5) is 4.39 Å². The maximum atomic E-state index is 14.4. The average molecular weight is 663 g/mol. The van der Waals surface area contributed by atoms with Gasteiger partial charge < -0.3 is 23.4 Å². The molecule has 0 unspecified atom stereocenters. The first-order chi connectivity index (χ1) is 22.3. The Hall–Kier alpha value is -4.03. The van der Waals surface area contributed by atoms with E-state index < -0.39 is 49.4 Å². The number of nitrogens with one attached hydrogen (secondary N) is 1. The molecule has 47 heavy (non-hydrogen) atoms. The molecule has 4 aromatic rings. The number of methoxy groups -OCH3 is 2. The van der Waals surface area contributed by atoms with Gasteiger partial charge in [-0.05, 0) is 59.1 Å². The summed E-state index contributed by atoms with van der Waals surface area (Å²) in [6, 6.07) is 25.4. The van der Waals surface area contributed by atoms with Gasteiger partial charge in [0.25, 0.3) is 5.56 Å². The summed E-state index contributed by atoms with van der Waals surface area (Å²) in [6.45, 7) is 10.8. The number of nitrogens with zero attached hydrogens (tertiary/aromatic N) is 1. The lowest BCUT2D eigenvalue weighted by Gasteiger charge is -2.40. The predicted octanol–water partition coefficient (Wildman–Crippen LogP) is 6.38. The van der Waals surface area contributed by atoms with Crippen molar-refractivity contribution in [3.05, 3.63) is 128 Å². The molecule has 0 radical (unpaired) electrons. The second kappa shape index (κ2) is 13.6. The molecule has 250 valence electrons. The Morgan fingerprint density at radius 3 is 1.91 bits per heavy atom. The second-order valence-corrected chi connectivity index (χ2v) is 18.0. The van der Waals surface area contributed by atoms with Crippen molar-refractivity contribution in [2.75, 3.05) is 20.8 Å². The van der Waals surface area contributed by atoms with E-state index in [1.165, 1.54) is 0 Å². The molecule has 1 aliphatic rings. The molecule has 3 atom stereocenters. The quantitative estimate of drug-likeness (QED) is 0.147. The molecule has 2 heterocycles. The van der Waals surface area contributed by atoms with Crippen molar-refractivity contribution < 1.29 is 27.8 Å². The fourth-order valence-electron chi connectivity index (χ4n) is 5.66. The first-order valence-corrected chi connectivity index (χ1v) is 18.5. The number of aromatic nitrogens is 2. The van der Waals surface area contributed by atoms with Crippen LogP contribution in [0.1, 0.15) is 50.1 Å². The normalized spacial score (nSPS) is 18.7. The maximum absolute atomic E-state index is 14.4. The Morgan fingerprint density at radius 2 is 1.40 bits per heavy atom. The van der Waals surface area contributed by atoms with Crippen LogP contribution in [0.3, 0.4) is 0 Å². The molecule has 0 bridgehead atoms. The van der Waals surface area contributed by atoms with Crippen LogP contribution in [0.5, 0.6) is 11.5 Å². The van der Waals surface area contributed by atoms with E-state index in [0.29, 0.717) is 11.5 Å². The smallest absolute Gasteiger partial charge is 0.330 e. The summed E-state index contributed by atoms with van der Waals surface area (Å²) in [5.41, 5.74) is -0.362. The molecule has 0 amide bonds. The van der Waals surface area contributed by atoms with Crippen LogP contribution < -0.4 is 20.7 Å². The van der Waals surface area contributed by atoms with Gasteiger partial charge in [-0.1, -0.05) is 75.4 Å². The number of halogens is 1. The van der Waals surface area contributed by atoms with Gasteiger partial charge in [-0.25, -0.2) is 4.79 Å². The first kappa shape index (κ1) is 34.3. The highest BCUT2D eigenvalue weighted by atomic mass is 28.4. The molecule has 1 fully saturated rings. The highest BCUT2D eigenvalue weighted by Crippen LogP contribution is 2.44. The Bertz CT molecular complexity index is 1720. The van der Waals surface area contributed by atoms with Gasteiger partial charge in [-0.15, -0.1) is 0 Å². The van der Waals surface area contributed by atoms with Crippen molar-refractivity contribution in [3.8, 4) is 11.5 Å². The monoisotopic (exact) mass is 662 g/mol. The number of hydrogen-bond acceptors (Lipinski definition) is 7. The van der Waals surface area contributed by atoms with Crippen LogP contribution in [-0.2, 0) is 19.5 Å². The van der Waals surface area contributed by atoms with E-state index in [1.807, 2.05) is 83.8 Å². The standard InChI is InChI=1S/C36H43FN2O7Si/c1-35(2,3)47(6,7)46-30-21-32(39-22-29(37)33(40)38-34(39)41)45-31(30)23-44-36(24-11-9-8-10-12-24,25-13-17-27(42-4)18-14-25)26-15-19-28(43-5)20-16-26/h8-20,22,30-32H,21,23H2,1-7H3,(H,38,40,41)/t30-,31+,32+/m0/s1. The van der Waals surface area contributed by atoms with Crippen LogP contribution >= 0.6 is 0 Å². The number of rotatable bonds is 11. The number of ether oxygens (including phenoxy) is 4. The third-order valence-electron chi connectivity index (χ3n) is 9.30. The summed E-state index contributed by atoms with van der Waals surface area (Å²) in [7, 11) is 0.895. The SMILES string of the molecule is COc1ccc(C(OC[C@H]2O[C@@H](n3cc(F)c(=O)[nH]c3=O)C[C@@H]2O[Si](C)(C)C(C)(C)C)(c2ccccc2)c2ccc(OC)cc2)cc1. The second-order valence-electron chi connectivity index (χ2n) is 13.2. The summed E-state index contributed by atoms with van der Waals surface area (Å²) in [4.78, 5) is 26.6. The van der Waals surface area contributed by atoms with E-state index in [1.54, 1.807) is 14.2 Å². The molecule has 0 saturated carbocycles. The van der Waals surface area contributed by atoms with E-state index in [-0.39, 0.29) is 18.1 Å². The molecular weight excluding hydrogens is 619 g/mol. The zero-order valence-corrected chi connectivity index (χ0v) is 28.9. The highest BCUT2D eigenvalue weighted by Gasteiger charge is 2.47. The summed E-state index contributed by atoms with van der Waals surface area (Å²) in [6.07, 6.45) is -0.861. The highest BCUT2D eigenvalue weighted by molar-refractivity contribution is 6.74. The van der Waals surface area contributed by atoms with Gasteiger partial charge in [0, 0.05) is 6.42 Å². The van der Waals surface area contributed by atoms with Gasteiger partial charge in [0.1, 0.15) is 29.4 Å². The zero-order valence-electron chi connectivity index (χ0n) is 27.9. The molecule has 11 heteroatoms. The van der Waals surface area contributed by atoms with E-state index in [9.17, 15) is 14.0 Å². The molecule has 9 nitrogen and oxygen atoms in total. The third-order valence-corrected chi connectivity index (χ3v) is 13.8. The van der Waals surface area contributed by atoms with Crippen LogP contribution in [0.2, 0.25) is 18.1 Å². The van der Waals surface area contributed by atoms with Gasteiger partial charge in [-0.2, -0.15) is 4.39 Å². The molecule has 1 N–H and O–H groups in total. The van der Waals surface area contributed by atoms with Gasteiger partial charge in [0.2, 0.25) is 5.82 Å². The summed E-state index contributed by atoms with van der Waals surface area (Å²) in [5, 5.41) is -0.114. The molecule has 0 spiro atoms. The molecule has 3 aromatic carbocycles. The molecule has 0 aliphatic carbocycles. The number of benzene rings is 3. The number of aromatic amines is 1. The van der Waals surface area contributed by atoms with Crippen molar-refractivity contribution >= 4 is 8.32 Å². The molecule has 5 rings (SSSR count). The molecule has 1 aliphatic heterocycles. The largest absolute Gasteiger partial charge is 0.497 e. The minimum absolute atomic E-state index is 0.0589. The summed E-state index contributed by atoms with van der Waals surface area (Å²) in [5.74, 6) is 0.333. The van der Waals surface area contributed by atoms with Crippen molar-refractivity contribution in [2.24, 2.45) is 0 Å². The van der Waals surface area contributed by atoms with Crippen LogP contribution in [0, 0.1) is 5.82 Å². The van der Waals surface area contributed by atoms with Gasteiger partial charge in [0.05, 0.1) is 33.1 Å². The van der Waals surface area contributed by atoms with Crippen LogP contribution in [0.25, 0.3) is 0 Å². The Balaban J connectivity index is 1.60. The topological polar surface area (TPSA) is 101 Å². The van der Waals surface area contributed by atoms with Gasteiger partial charge in [0.15, 0.2) is 8.32 Å². The lowest BCUT2D eigenvalue weighted by atomic mass is 9.80. The van der Waals surface area contributed by atoms with Crippen molar-refractivity contribution in [1.29, 1.82) is 0 Å². The predicted molar refractivity (Wildman–Crippen MR) is 180 cm³/mol. The van der Waals surface area contributed by atoms with E-state index in [4.69, 9.17) is 23.4 Å². The zero-order chi connectivity index (χ0) is 34.0. The Morgan fingerprint density at radius 1 is 0.872 bits per heavy atom. The third kappa shape index (κ3) is 6.98. The van der Waals surface area contributed by atoms with E-state index in [2.05, 4.69) is 33.9 Å². The van der Waals surface area contributed by atoms with Crippen LogP contribution in [0.15, 0.2) is 94.6 Å². The number of H-pyrrole nitrogens is 1. The van der Waals surface area contributed by atoms with Crippen molar-refractivity contribution in [3.63, 3.8) is 0 Å². The lowest BCUT2D eigenvalue weighted by molar-refractivity contribution is -0.0929. The first-order valence-electron chi connectivity index (χ1n) is 15.6. The Kier molecular flexibility index (Phi) is 9.93. The Labute approximate surface area is 275 Å². The van der Waals surface area contributed by atoms with Gasteiger partial charge in [-0.3, -0.25) is 14.3 Å². The average Bonchev–Trinajstić information content (AvgIpc) is 3.45. The minimum atomic E-state index is -2.35. The number of hydrogen-bond donors (Lipinski definition) is 1. The van der Waals surface area contributed by atoms with Gasteiger partial charge >= 0.3 is 5.69 Å². The van der Waals surface area contributed by atoms with E-state index in [0.717, 1.165) is 27.5 Å². The molecular formula is C36H43FN2O7Si. The summed E-state index contributed by atoms with van der Waals surface area (Å²) >= 11 is 0. The fraction of sp³-hybridized carbons (Fsp3) is 0.389. The lowest BCUT2D eigenvalue weighted by Crippen LogP contribution is -2.47. The van der Waals surface area contributed by atoms with Crippen molar-refractivity contribution in [1.82, 2.24) is 9.55 Å². The van der Waals surface area contributed by atoms with Crippen molar-refractivity contribution in [2.45, 2.75) is 69.4 Å². The maximum Gasteiger partial charge on any atom is 0.330 e.